The van der Waals surface area contributed by atoms with Gasteiger partial charge < -0.3 is 5.73 Å². The summed E-state index contributed by atoms with van der Waals surface area (Å²) in [6.45, 7) is 8.48. The maximum absolute atomic E-state index is 12.5. The normalized spacial score (nSPS) is 12.9. The van der Waals surface area contributed by atoms with Crippen molar-refractivity contribution in [2.24, 2.45) is 11.7 Å². The summed E-state index contributed by atoms with van der Waals surface area (Å²) in [5, 5.41) is 0. The molecule has 0 radical (unpaired) electrons. The van der Waals surface area contributed by atoms with Crippen molar-refractivity contribution in [3.63, 3.8) is 0 Å². The van der Waals surface area contributed by atoms with Gasteiger partial charge in [0, 0.05) is 12.1 Å². The highest BCUT2D eigenvalue weighted by Crippen LogP contribution is 2.19. The van der Waals surface area contributed by atoms with Gasteiger partial charge in [0.2, 0.25) is 10.0 Å². The molecule has 0 atom stereocenters. The summed E-state index contributed by atoms with van der Waals surface area (Å²) in [6.07, 6.45) is 2.29. The highest BCUT2D eigenvalue weighted by molar-refractivity contribution is 7.89. The fraction of sp³-hybridized carbons (Fsp3) is 0.625. The van der Waals surface area contributed by atoms with E-state index in [-0.39, 0.29) is 0 Å². The zero-order chi connectivity index (χ0) is 16.1. The van der Waals surface area contributed by atoms with Crippen LogP contribution in [0.15, 0.2) is 29.2 Å². The second kappa shape index (κ2) is 7.38. The first-order chi connectivity index (χ1) is 9.78. The third-order valence-electron chi connectivity index (χ3n) is 3.97. The van der Waals surface area contributed by atoms with E-state index in [1.165, 1.54) is 0 Å². The summed E-state index contributed by atoms with van der Waals surface area (Å²) in [7, 11) is -3.53. The molecule has 4 nitrogen and oxygen atoms in total. The monoisotopic (exact) mass is 312 g/mol. The van der Waals surface area contributed by atoms with Gasteiger partial charge >= 0.3 is 0 Å². The number of rotatable bonds is 8. The van der Waals surface area contributed by atoms with Crippen LogP contribution in [0, 0.1) is 5.92 Å². The first-order valence-electron chi connectivity index (χ1n) is 7.61. The molecule has 0 aliphatic rings. The number of sulfonamides is 1. The zero-order valence-electron chi connectivity index (χ0n) is 13.5. The van der Waals surface area contributed by atoms with Crippen LogP contribution in [-0.4, -0.2) is 20.5 Å². The van der Waals surface area contributed by atoms with E-state index in [9.17, 15) is 8.42 Å². The Bertz CT molecular complexity index is 524. The van der Waals surface area contributed by atoms with Crippen molar-refractivity contribution in [3.8, 4) is 0 Å². The van der Waals surface area contributed by atoms with Crippen molar-refractivity contribution in [2.75, 3.05) is 6.54 Å². The van der Waals surface area contributed by atoms with Crippen molar-refractivity contribution in [2.45, 2.75) is 57.4 Å². The van der Waals surface area contributed by atoms with Crippen LogP contribution in [0.2, 0.25) is 0 Å². The molecule has 0 saturated carbocycles. The quantitative estimate of drug-likeness (QED) is 0.775. The van der Waals surface area contributed by atoms with Gasteiger partial charge in [-0.2, -0.15) is 0 Å². The molecular weight excluding hydrogens is 284 g/mol. The van der Waals surface area contributed by atoms with E-state index in [1.54, 1.807) is 12.1 Å². The van der Waals surface area contributed by atoms with Crippen molar-refractivity contribution >= 4 is 10.0 Å². The Labute approximate surface area is 129 Å². The Kier molecular flexibility index (Phi) is 6.38. The van der Waals surface area contributed by atoms with Crippen molar-refractivity contribution in [3.05, 3.63) is 29.8 Å². The van der Waals surface area contributed by atoms with Crippen LogP contribution in [0.5, 0.6) is 0 Å². The van der Waals surface area contributed by atoms with E-state index in [4.69, 9.17) is 5.73 Å². The summed E-state index contributed by atoms with van der Waals surface area (Å²) < 4.78 is 27.8. The third-order valence-corrected chi connectivity index (χ3v) is 5.57. The van der Waals surface area contributed by atoms with E-state index in [1.807, 2.05) is 26.0 Å². The van der Waals surface area contributed by atoms with Crippen LogP contribution in [-0.2, 0) is 16.4 Å². The molecule has 0 unspecified atom stereocenters. The highest BCUT2D eigenvalue weighted by atomic mass is 32.2. The van der Waals surface area contributed by atoms with Crippen LogP contribution >= 0.6 is 0 Å². The lowest BCUT2D eigenvalue weighted by molar-refractivity contribution is 0.363. The van der Waals surface area contributed by atoms with Crippen molar-refractivity contribution in [1.82, 2.24) is 4.72 Å². The molecule has 1 rings (SSSR count). The predicted octanol–water partition coefficient (Wildman–Crippen LogP) is 2.68. The first kappa shape index (κ1) is 18.1. The van der Waals surface area contributed by atoms with Crippen LogP contribution in [0.25, 0.3) is 0 Å². The van der Waals surface area contributed by atoms with Gasteiger partial charge in [0.05, 0.1) is 4.90 Å². The summed E-state index contributed by atoms with van der Waals surface area (Å²) in [6, 6.07) is 7.12. The van der Waals surface area contributed by atoms with E-state index < -0.39 is 15.6 Å². The van der Waals surface area contributed by atoms with Crippen LogP contribution in [0.3, 0.4) is 0 Å². The van der Waals surface area contributed by atoms with Gasteiger partial charge in [-0.05, 0) is 42.9 Å². The van der Waals surface area contributed by atoms with Gasteiger partial charge in [0.25, 0.3) is 0 Å². The number of hydrogen-bond acceptors (Lipinski definition) is 3. The highest BCUT2D eigenvalue weighted by Gasteiger charge is 2.30. The molecule has 0 bridgehead atoms. The lowest BCUT2D eigenvalue weighted by Gasteiger charge is -2.31. The maximum atomic E-state index is 12.5. The SMILES string of the molecule is CCC(CC)(CN)NS(=O)(=O)c1ccc(CC(C)C)cc1. The van der Waals surface area contributed by atoms with Crippen molar-refractivity contribution in [1.29, 1.82) is 0 Å². The maximum Gasteiger partial charge on any atom is 0.241 e. The summed E-state index contributed by atoms with van der Waals surface area (Å²) in [4.78, 5) is 0.301. The smallest absolute Gasteiger partial charge is 0.241 e. The fourth-order valence-electron chi connectivity index (χ4n) is 2.34. The molecule has 0 aliphatic carbocycles. The molecule has 0 aromatic heterocycles. The van der Waals surface area contributed by atoms with Gasteiger partial charge in [-0.25, -0.2) is 13.1 Å². The Hall–Kier alpha value is -0.910. The Morgan fingerprint density at radius 3 is 2.05 bits per heavy atom. The van der Waals surface area contributed by atoms with Crippen LogP contribution < -0.4 is 10.5 Å². The van der Waals surface area contributed by atoms with Gasteiger partial charge in [0.1, 0.15) is 0 Å². The van der Waals surface area contributed by atoms with Gasteiger partial charge in [0.15, 0.2) is 0 Å². The molecule has 0 aliphatic heterocycles. The van der Waals surface area contributed by atoms with Gasteiger partial charge in [-0.15, -0.1) is 0 Å². The molecule has 5 heteroatoms. The lowest BCUT2D eigenvalue weighted by Crippen LogP contribution is -2.52. The molecule has 0 heterocycles. The summed E-state index contributed by atoms with van der Waals surface area (Å²) >= 11 is 0. The molecule has 0 fully saturated rings. The van der Waals surface area contributed by atoms with Crippen molar-refractivity contribution < 1.29 is 8.42 Å². The topological polar surface area (TPSA) is 72.2 Å². The molecule has 3 N–H and O–H groups in total. The largest absolute Gasteiger partial charge is 0.329 e. The van der Waals surface area contributed by atoms with Crippen LogP contribution in [0.1, 0.15) is 46.1 Å². The summed E-state index contributed by atoms with van der Waals surface area (Å²) in [5.41, 5.74) is 6.36. The van der Waals surface area contributed by atoms with E-state index in [0.717, 1.165) is 12.0 Å². The number of nitrogens with two attached hydrogens (primary N) is 1. The zero-order valence-corrected chi connectivity index (χ0v) is 14.3. The lowest BCUT2D eigenvalue weighted by atomic mass is 9.95. The molecule has 120 valence electrons. The molecule has 1 aromatic rings. The molecule has 0 spiro atoms. The predicted molar refractivity (Wildman–Crippen MR) is 87.7 cm³/mol. The second-order valence-corrected chi connectivity index (χ2v) is 7.72. The second-order valence-electron chi connectivity index (χ2n) is 6.04. The van der Waals surface area contributed by atoms with E-state index >= 15 is 0 Å². The average Bonchev–Trinajstić information content (AvgIpc) is 2.45. The number of benzene rings is 1. The molecule has 0 saturated heterocycles. The van der Waals surface area contributed by atoms with Crippen LogP contribution in [0.4, 0.5) is 0 Å². The number of nitrogens with one attached hydrogen (secondary N) is 1. The Balaban J connectivity index is 2.97. The molecule has 1 aromatic carbocycles. The Morgan fingerprint density at radius 1 is 1.14 bits per heavy atom. The van der Waals surface area contributed by atoms with E-state index in [0.29, 0.717) is 30.2 Å². The number of hydrogen-bond donors (Lipinski definition) is 2. The molecule has 0 amide bonds. The molecular formula is C16H28N2O2S. The fourth-order valence-corrected chi connectivity index (χ4v) is 3.90. The summed E-state index contributed by atoms with van der Waals surface area (Å²) in [5.74, 6) is 0.552. The first-order valence-corrected chi connectivity index (χ1v) is 9.10. The Morgan fingerprint density at radius 2 is 1.67 bits per heavy atom. The standard InChI is InChI=1S/C16H28N2O2S/c1-5-16(6-2,12-17)18-21(19,20)15-9-7-14(8-10-15)11-13(3)4/h7-10,13,18H,5-6,11-12,17H2,1-4H3. The van der Waals surface area contributed by atoms with Gasteiger partial charge in [-0.3, -0.25) is 0 Å². The van der Waals surface area contributed by atoms with Gasteiger partial charge in [-0.1, -0.05) is 39.8 Å². The minimum atomic E-state index is -3.53. The molecule has 21 heavy (non-hydrogen) atoms. The minimum absolute atomic E-state index is 0.296. The minimum Gasteiger partial charge on any atom is -0.329 e. The van der Waals surface area contributed by atoms with E-state index in [2.05, 4.69) is 18.6 Å². The third kappa shape index (κ3) is 4.80. The average molecular weight is 312 g/mol.